The van der Waals surface area contributed by atoms with Gasteiger partial charge in [0.15, 0.2) is 0 Å². The zero-order valence-electron chi connectivity index (χ0n) is 12.6. The first-order valence-electron chi connectivity index (χ1n) is 9.15. The predicted molar refractivity (Wildman–Crippen MR) is 83.2 cm³/mol. The fraction of sp³-hybridized carbons (Fsp3) is 0.571. The normalized spacial score (nSPS) is 57.5. The molecule has 0 unspecified atom stereocenters. The zero-order chi connectivity index (χ0) is 14.2. The van der Waals surface area contributed by atoms with Gasteiger partial charge < -0.3 is 0 Å². The van der Waals surface area contributed by atoms with Crippen LogP contribution in [0.5, 0.6) is 0 Å². The molecule has 0 saturated heterocycles. The van der Waals surface area contributed by atoms with Crippen LogP contribution in [0.2, 0.25) is 0 Å². The number of hydrogen-bond donors (Lipinski definition) is 0. The van der Waals surface area contributed by atoms with Crippen LogP contribution in [0.15, 0.2) is 36.4 Å². The summed E-state index contributed by atoms with van der Waals surface area (Å²) in [6.45, 7) is 0. The molecule has 1 aromatic rings. The molecule has 6 aliphatic carbocycles. The Labute approximate surface area is 130 Å². The summed E-state index contributed by atoms with van der Waals surface area (Å²) >= 11 is 0. The van der Waals surface area contributed by atoms with Crippen LogP contribution >= 0.6 is 0 Å². The molecule has 0 amide bonds. The topological polar surface area (TPSA) is 17.1 Å². The van der Waals surface area contributed by atoms with Gasteiger partial charge >= 0.3 is 0 Å². The van der Waals surface area contributed by atoms with Crippen LogP contribution < -0.4 is 0 Å². The lowest BCUT2D eigenvalue weighted by atomic mass is 9.60. The standard InChI is InChI=1S/C21H20O/c22-21-11-5-6-12(21)18-16-8-15(17(11)18)19-13-7-14(20(16)19)10-4-2-1-3-9(10)13/h1-6,11-20H,7-8H2/t11-,12+,13-,14+,15+,16-,17-,18+,19-,20+. The van der Waals surface area contributed by atoms with Crippen molar-refractivity contribution in [2.24, 2.45) is 47.3 Å². The highest BCUT2D eigenvalue weighted by Crippen LogP contribution is 2.77. The third-order valence-corrected chi connectivity index (χ3v) is 8.66. The van der Waals surface area contributed by atoms with E-state index in [-0.39, 0.29) is 0 Å². The van der Waals surface area contributed by atoms with E-state index in [1.807, 2.05) is 0 Å². The van der Waals surface area contributed by atoms with Gasteiger partial charge in [-0.2, -0.15) is 0 Å². The highest BCUT2D eigenvalue weighted by atomic mass is 16.1. The second-order valence-corrected chi connectivity index (χ2v) is 8.79. The van der Waals surface area contributed by atoms with Crippen molar-refractivity contribution in [1.29, 1.82) is 0 Å². The molecule has 4 fully saturated rings. The van der Waals surface area contributed by atoms with Gasteiger partial charge in [0.05, 0.1) is 0 Å². The summed E-state index contributed by atoms with van der Waals surface area (Å²) in [7, 11) is 0. The minimum absolute atomic E-state index is 0.306. The van der Waals surface area contributed by atoms with E-state index in [0.717, 1.165) is 47.3 Å². The summed E-state index contributed by atoms with van der Waals surface area (Å²) in [5.74, 6) is 7.80. The maximum absolute atomic E-state index is 12.6. The van der Waals surface area contributed by atoms with Gasteiger partial charge in [0.1, 0.15) is 5.78 Å². The number of allylic oxidation sites excluding steroid dienone is 2. The summed E-state index contributed by atoms with van der Waals surface area (Å²) in [6.07, 6.45) is 7.39. The second-order valence-electron chi connectivity index (χ2n) is 8.79. The van der Waals surface area contributed by atoms with Crippen LogP contribution in [-0.2, 0) is 4.79 Å². The molecule has 1 heteroatoms. The van der Waals surface area contributed by atoms with Gasteiger partial charge in [-0.3, -0.25) is 4.79 Å². The maximum atomic E-state index is 12.6. The quantitative estimate of drug-likeness (QED) is 0.524. The molecule has 110 valence electrons. The van der Waals surface area contributed by atoms with Crippen LogP contribution in [0.4, 0.5) is 0 Å². The van der Waals surface area contributed by atoms with Gasteiger partial charge in [-0.25, -0.2) is 0 Å². The fourth-order valence-electron chi connectivity index (χ4n) is 8.47. The van der Waals surface area contributed by atoms with Crippen molar-refractivity contribution >= 4 is 5.78 Å². The minimum atomic E-state index is 0.306. The van der Waals surface area contributed by atoms with Crippen molar-refractivity contribution in [2.45, 2.75) is 24.7 Å². The predicted octanol–water partition coefficient (Wildman–Crippen LogP) is 3.77. The Morgan fingerprint density at radius 2 is 1.27 bits per heavy atom. The number of fused-ring (bicyclic) bond motifs is 19. The molecule has 0 radical (unpaired) electrons. The number of rotatable bonds is 0. The zero-order valence-corrected chi connectivity index (χ0v) is 12.6. The summed E-state index contributed by atoms with van der Waals surface area (Å²) in [5.41, 5.74) is 3.34. The molecule has 1 nitrogen and oxygen atoms in total. The summed E-state index contributed by atoms with van der Waals surface area (Å²) in [4.78, 5) is 12.6. The Hall–Kier alpha value is -1.37. The van der Waals surface area contributed by atoms with Gasteiger partial charge in [0, 0.05) is 11.8 Å². The molecule has 0 heterocycles. The number of carbonyl (C=O) groups is 1. The average Bonchev–Trinajstić information content (AvgIpc) is 3.33. The van der Waals surface area contributed by atoms with Crippen molar-refractivity contribution in [1.82, 2.24) is 0 Å². The molecular weight excluding hydrogens is 268 g/mol. The lowest BCUT2D eigenvalue weighted by molar-refractivity contribution is -0.121. The Morgan fingerprint density at radius 1 is 0.727 bits per heavy atom. The number of hydrogen-bond acceptors (Lipinski definition) is 1. The lowest BCUT2D eigenvalue weighted by Crippen LogP contribution is -2.39. The number of Topliss-reactive ketones (excluding diaryl/α,β-unsaturated/α-hetero) is 1. The van der Waals surface area contributed by atoms with E-state index < -0.39 is 0 Å². The Morgan fingerprint density at radius 3 is 1.82 bits per heavy atom. The summed E-state index contributed by atoms with van der Waals surface area (Å²) < 4.78 is 0. The van der Waals surface area contributed by atoms with Crippen molar-refractivity contribution in [3.8, 4) is 0 Å². The van der Waals surface area contributed by atoms with Gasteiger partial charge in [-0.1, -0.05) is 36.4 Å². The lowest BCUT2D eigenvalue weighted by Gasteiger charge is -2.43. The van der Waals surface area contributed by atoms with Gasteiger partial charge in [0.2, 0.25) is 0 Å². The van der Waals surface area contributed by atoms with Crippen LogP contribution in [0, 0.1) is 47.3 Å². The molecule has 7 rings (SSSR count). The number of carbonyl (C=O) groups excluding carboxylic acids is 1. The largest absolute Gasteiger partial charge is 0.298 e. The van der Waals surface area contributed by atoms with E-state index >= 15 is 0 Å². The van der Waals surface area contributed by atoms with Crippen molar-refractivity contribution in [2.75, 3.05) is 0 Å². The highest BCUT2D eigenvalue weighted by molar-refractivity contribution is 5.92. The van der Waals surface area contributed by atoms with E-state index in [1.54, 1.807) is 11.1 Å². The van der Waals surface area contributed by atoms with E-state index in [2.05, 4.69) is 36.4 Å². The van der Waals surface area contributed by atoms with Crippen molar-refractivity contribution < 1.29 is 4.79 Å². The van der Waals surface area contributed by atoms with Gasteiger partial charge in [-0.15, -0.1) is 0 Å². The Bertz CT molecular complexity index is 702. The van der Waals surface area contributed by atoms with Gasteiger partial charge in [0.25, 0.3) is 0 Å². The van der Waals surface area contributed by atoms with Crippen LogP contribution in [0.1, 0.15) is 35.8 Å². The van der Waals surface area contributed by atoms with Gasteiger partial charge in [-0.05, 0) is 71.3 Å². The average molecular weight is 288 g/mol. The number of benzene rings is 1. The molecule has 6 aliphatic rings. The van der Waals surface area contributed by atoms with Crippen molar-refractivity contribution in [3.05, 3.63) is 47.5 Å². The third-order valence-electron chi connectivity index (χ3n) is 8.66. The second kappa shape index (κ2) is 3.27. The van der Waals surface area contributed by atoms with E-state index in [0.29, 0.717) is 17.6 Å². The molecule has 6 bridgehead atoms. The molecule has 0 spiro atoms. The molecule has 4 saturated carbocycles. The highest BCUT2D eigenvalue weighted by Gasteiger charge is 2.72. The molecule has 22 heavy (non-hydrogen) atoms. The van der Waals surface area contributed by atoms with Crippen LogP contribution in [-0.4, -0.2) is 5.78 Å². The summed E-state index contributed by atoms with van der Waals surface area (Å²) in [5, 5.41) is 0. The molecule has 1 aromatic carbocycles. The van der Waals surface area contributed by atoms with Crippen LogP contribution in [0.3, 0.4) is 0 Å². The van der Waals surface area contributed by atoms with Crippen LogP contribution in [0.25, 0.3) is 0 Å². The Kier molecular flexibility index (Phi) is 1.67. The SMILES string of the molecule is O=C1[C@H]2C=C[C@@H]1[C@@H]1[C@@H]3C[C@H]([C@@H]12)[C@H]1[C@@H]3[C@@H]2C[C@H]1c1ccccc12. The monoisotopic (exact) mass is 288 g/mol. The summed E-state index contributed by atoms with van der Waals surface area (Å²) in [6, 6.07) is 9.25. The minimum Gasteiger partial charge on any atom is -0.298 e. The Balaban J connectivity index is 1.40. The third kappa shape index (κ3) is 0.937. The van der Waals surface area contributed by atoms with E-state index in [9.17, 15) is 4.79 Å². The first-order valence-corrected chi connectivity index (χ1v) is 9.15. The first kappa shape index (κ1) is 11.2. The molecule has 0 aromatic heterocycles. The van der Waals surface area contributed by atoms with E-state index in [4.69, 9.17) is 0 Å². The van der Waals surface area contributed by atoms with E-state index in [1.165, 1.54) is 12.8 Å². The molecule has 10 atom stereocenters. The molecular formula is C21H20O. The molecule has 0 aliphatic heterocycles. The smallest absolute Gasteiger partial charge is 0.147 e. The first-order chi connectivity index (χ1) is 10.8. The fourth-order valence-corrected chi connectivity index (χ4v) is 8.47. The molecule has 0 N–H and O–H groups in total. The number of ketones is 1. The maximum Gasteiger partial charge on any atom is 0.147 e. The van der Waals surface area contributed by atoms with Crippen molar-refractivity contribution in [3.63, 3.8) is 0 Å².